The molecule has 0 saturated carbocycles. The summed E-state index contributed by atoms with van der Waals surface area (Å²) in [5, 5.41) is 0. The first kappa shape index (κ1) is 18.8. The minimum Gasteiger partial charge on any atom is -0.372 e. The van der Waals surface area contributed by atoms with E-state index in [-0.39, 0.29) is 0 Å². The maximum absolute atomic E-state index is 13.1. The normalized spacial score (nSPS) is 23.7. The van der Waals surface area contributed by atoms with Crippen LogP contribution in [-0.4, -0.2) is 58.2 Å². The smallest absolute Gasteiger partial charge is 0.244 e. The average Bonchev–Trinajstić information content (AvgIpc) is 2.55. The Morgan fingerprint density at radius 3 is 2.32 bits per heavy atom. The Morgan fingerprint density at radius 1 is 1.12 bits per heavy atom. The van der Waals surface area contributed by atoms with E-state index in [0.717, 1.165) is 49.4 Å². The van der Waals surface area contributed by atoms with Gasteiger partial charge in [0, 0.05) is 6.61 Å². The van der Waals surface area contributed by atoms with Gasteiger partial charge >= 0.3 is 0 Å². The van der Waals surface area contributed by atoms with Gasteiger partial charge in [0.1, 0.15) is 12.6 Å². The predicted molar refractivity (Wildman–Crippen MR) is 98.6 cm³/mol. The maximum atomic E-state index is 13.1. The average molecular weight is 368 g/mol. The molecule has 2 heterocycles. The lowest BCUT2D eigenvalue weighted by molar-refractivity contribution is -0.907. The van der Waals surface area contributed by atoms with Crippen molar-refractivity contribution >= 4 is 10.0 Å². The fourth-order valence-corrected chi connectivity index (χ4v) is 6.09. The standard InChI is InChI=1S/C19H30N2O3S/c1-15-12-16(2)19(17(3)13-15)25(22,23)21-9-7-20(8-10-21)14-18-6-4-5-11-24-18/h12-13,18H,4-11,14H2,1-3H3/p+1/t18-/m0/s1. The molecule has 6 heteroatoms. The van der Waals surface area contributed by atoms with Crippen LogP contribution in [0.15, 0.2) is 17.0 Å². The van der Waals surface area contributed by atoms with Crippen LogP contribution in [0, 0.1) is 20.8 Å². The van der Waals surface area contributed by atoms with Gasteiger partial charge in [-0.05, 0) is 51.2 Å². The highest BCUT2D eigenvalue weighted by molar-refractivity contribution is 7.89. The molecule has 1 aromatic rings. The van der Waals surface area contributed by atoms with E-state index in [2.05, 4.69) is 0 Å². The molecule has 0 radical (unpaired) electrons. The number of rotatable bonds is 4. The summed E-state index contributed by atoms with van der Waals surface area (Å²) >= 11 is 0. The summed E-state index contributed by atoms with van der Waals surface area (Å²) in [6, 6.07) is 3.92. The van der Waals surface area contributed by atoms with Crippen LogP contribution in [0.2, 0.25) is 0 Å². The van der Waals surface area contributed by atoms with Crippen LogP contribution in [0.1, 0.15) is 36.0 Å². The molecule has 2 saturated heterocycles. The molecule has 0 bridgehead atoms. The largest absolute Gasteiger partial charge is 0.372 e. The van der Waals surface area contributed by atoms with Crippen molar-refractivity contribution in [3.05, 3.63) is 28.8 Å². The Morgan fingerprint density at radius 2 is 1.76 bits per heavy atom. The van der Waals surface area contributed by atoms with Crippen molar-refractivity contribution in [1.82, 2.24) is 4.31 Å². The van der Waals surface area contributed by atoms with Gasteiger partial charge in [0.25, 0.3) is 0 Å². The molecule has 2 fully saturated rings. The first-order valence-corrected chi connectivity index (χ1v) is 10.8. The Hall–Kier alpha value is -0.950. The van der Waals surface area contributed by atoms with Gasteiger partial charge < -0.3 is 9.64 Å². The molecule has 1 aromatic carbocycles. The van der Waals surface area contributed by atoms with Gasteiger partial charge in [0.2, 0.25) is 10.0 Å². The molecule has 3 rings (SSSR count). The maximum Gasteiger partial charge on any atom is 0.244 e. The Bertz CT molecular complexity index is 680. The second-order valence-corrected chi connectivity index (χ2v) is 9.45. The minimum absolute atomic E-state index is 0.355. The zero-order chi connectivity index (χ0) is 18.0. The number of nitrogens with one attached hydrogen (secondary N) is 1. The van der Waals surface area contributed by atoms with Gasteiger partial charge in [-0.2, -0.15) is 4.31 Å². The van der Waals surface area contributed by atoms with Gasteiger partial charge in [0.05, 0.1) is 31.1 Å². The summed E-state index contributed by atoms with van der Waals surface area (Å²) in [7, 11) is -3.41. The van der Waals surface area contributed by atoms with E-state index in [1.807, 2.05) is 32.9 Å². The molecule has 1 atom stereocenters. The van der Waals surface area contributed by atoms with Gasteiger partial charge in [-0.25, -0.2) is 8.42 Å². The van der Waals surface area contributed by atoms with E-state index in [4.69, 9.17) is 4.74 Å². The van der Waals surface area contributed by atoms with Crippen LogP contribution in [0.5, 0.6) is 0 Å². The lowest BCUT2D eigenvalue weighted by Crippen LogP contribution is -3.15. The van der Waals surface area contributed by atoms with Crippen molar-refractivity contribution in [2.75, 3.05) is 39.3 Å². The van der Waals surface area contributed by atoms with Crippen LogP contribution in [0.25, 0.3) is 0 Å². The molecule has 0 spiro atoms. The zero-order valence-corrected chi connectivity index (χ0v) is 16.5. The first-order valence-electron chi connectivity index (χ1n) is 9.41. The van der Waals surface area contributed by atoms with E-state index < -0.39 is 10.0 Å². The molecular weight excluding hydrogens is 336 g/mol. The molecule has 25 heavy (non-hydrogen) atoms. The van der Waals surface area contributed by atoms with E-state index >= 15 is 0 Å². The van der Waals surface area contributed by atoms with Crippen molar-refractivity contribution in [2.24, 2.45) is 0 Å². The van der Waals surface area contributed by atoms with Crippen LogP contribution >= 0.6 is 0 Å². The third kappa shape index (κ3) is 4.25. The molecule has 0 aliphatic carbocycles. The number of ether oxygens (including phenoxy) is 1. The van der Waals surface area contributed by atoms with Crippen LogP contribution in [0.4, 0.5) is 0 Å². The highest BCUT2D eigenvalue weighted by Gasteiger charge is 2.33. The Labute approximate surface area is 152 Å². The summed E-state index contributed by atoms with van der Waals surface area (Å²) in [4.78, 5) is 1.97. The number of hydrogen-bond acceptors (Lipinski definition) is 3. The number of sulfonamides is 1. The quantitative estimate of drug-likeness (QED) is 0.866. The lowest BCUT2D eigenvalue weighted by Gasteiger charge is -2.34. The van der Waals surface area contributed by atoms with Crippen molar-refractivity contribution in [1.29, 1.82) is 0 Å². The summed E-state index contributed by atoms with van der Waals surface area (Å²) in [6.45, 7) is 10.6. The highest BCUT2D eigenvalue weighted by atomic mass is 32.2. The molecule has 5 nitrogen and oxygen atoms in total. The summed E-state index contributed by atoms with van der Waals surface area (Å²) in [5.41, 5.74) is 2.81. The van der Waals surface area contributed by atoms with Gasteiger partial charge in [-0.1, -0.05) is 17.7 Å². The predicted octanol–water partition coefficient (Wildman–Crippen LogP) is 1.07. The second kappa shape index (κ2) is 7.74. The van der Waals surface area contributed by atoms with Crippen molar-refractivity contribution in [3.63, 3.8) is 0 Å². The minimum atomic E-state index is -3.41. The third-order valence-electron chi connectivity index (χ3n) is 5.42. The number of piperazine rings is 1. The molecule has 0 amide bonds. The molecule has 0 aromatic heterocycles. The van der Waals surface area contributed by atoms with E-state index in [0.29, 0.717) is 24.1 Å². The second-order valence-electron chi connectivity index (χ2n) is 7.57. The summed E-state index contributed by atoms with van der Waals surface area (Å²) in [6.07, 6.45) is 3.93. The SMILES string of the molecule is Cc1cc(C)c(S(=O)(=O)N2CC[NH+](C[C@@H]3CCCCO3)CC2)c(C)c1. The molecule has 2 aliphatic rings. The molecule has 1 N–H and O–H groups in total. The number of nitrogens with zero attached hydrogens (tertiary/aromatic N) is 1. The highest BCUT2D eigenvalue weighted by Crippen LogP contribution is 2.25. The van der Waals surface area contributed by atoms with Gasteiger partial charge in [-0.3, -0.25) is 0 Å². The summed E-state index contributed by atoms with van der Waals surface area (Å²) in [5.74, 6) is 0. The van der Waals surface area contributed by atoms with Crippen LogP contribution in [-0.2, 0) is 14.8 Å². The van der Waals surface area contributed by atoms with Gasteiger partial charge in [0.15, 0.2) is 0 Å². The van der Waals surface area contributed by atoms with Gasteiger partial charge in [-0.15, -0.1) is 0 Å². The third-order valence-corrected chi connectivity index (χ3v) is 7.63. The molecule has 2 aliphatic heterocycles. The molecule has 140 valence electrons. The topological polar surface area (TPSA) is 51.0 Å². The molecule has 0 unspecified atom stereocenters. The van der Waals surface area contributed by atoms with E-state index in [1.54, 1.807) is 4.31 Å². The van der Waals surface area contributed by atoms with E-state index in [1.165, 1.54) is 17.7 Å². The number of quaternary nitrogens is 1. The lowest BCUT2D eigenvalue weighted by atomic mass is 10.1. The Balaban J connectivity index is 1.65. The van der Waals surface area contributed by atoms with Crippen molar-refractivity contribution in [2.45, 2.75) is 51.0 Å². The van der Waals surface area contributed by atoms with E-state index in [9.17, 15) is 8.42 Å². The summed E-state index contributed by atoms with van der Waals surface area (Å²) < 4.78 is 33.8. The van der Waals surface area contributed by atoms with Crippen LogP contribution < -0.4 is 4.90 Å². The Kier molecular flexibility index (Phi) is 5.83. The number of benzene rings is 1. The monoisotopic (exact) mass is 367 g/mol. The number of aryl methyl sites for hydroxylation is 3. The first-order chi connectivity index (χ1) is 11.9. The zero-order valence-electron chi connectivity index (χ0n) is 15.7. The molecular formula is C19H31N2O3S+. The fraction of sp³-hybridized carbons (Fsp3) is 0.684. The van der Waals surface area contributed by atoms with Crippen LogP contribution in [0.3, 0.4) is 0 Å². The van der Waals surface area contributed by atoms with Crippen molar-refractivity contribution < 1.29 is 18.1 Å². The number of hydrogen-bond donors (Lipinski definition) is 1. The fourth-order valence-electron chi connectivity index (χ4n) is 4.24. The van der Waals surface area contributed by atoms with Crippen molar-refractivity contribution in [3.8, 4) is 0 Å².